The number of aryl methyl sites for hydroxylation is 2. The number of imide groups is 2. The van der Waals surface area contributed by atoms with Gasteiger partial charge in [-0.3, -0.25) is 58.5 Å². The van der Waals surface area contributed by atoms with E-state index in [-0.39, 0.29) is 99.4 Å². The third-order valence-electron chi connectivity index (χ3n) is 22.0. The topological polar surface area (TPSA) is 327 Å². The van der Waals surface area contributed by atoms with Gasteiger partial charge in [0.2, 0.25) is 29.5 Å². The molecule has 4 aliphatic carbocycles. The molecule has 25 nitrogen and oxygen atoms in total. The zero-order valence-corrected chi connectivity index (χ0v) is 58.4. The van der Waals surface area contributed by atoms with Crippen molar-refractivity contribution in [3.63, 3.8) is 0 Å². The molecule has 0 bridgehead atoms. The van der Waals surface area contributed by atoms with E-state index in [4.69, 9.17) is 45.0 Å². The minimum atomic E-state index is -2.01. The van der Waals surface area contributed by atoms with Crippen molar-refractivity contribution in [3.8, 4) is 10.8 Å². The van der Waals surface area contributed by atoms with Gasteiger partial charge in [0.1, 0.15) is 45.8 Å². The maximum absolute atomic E-state index is 17.2. The Balaban J connectivity index is 0.000000192. The summed E-state index contributed by atoms with van der Waals surface area (Å²) in [5.41, 5.74) is -1.76. The molecule has 2 spiro atoms. The number of rotatable bonds is 23. The van der Waals surface area contributed by atoms with E-state index in [0.29, 0.717) is 132 Å². The second kappa shape index (κ2) is 29.8. The SMILES string of the molecule is C[C@@H]1C[C@H]2[C@H](C[C@H](O)[C@@]3(F)[C@H]2CCC2=CC(=O)C=C[C@@]23C)[C@@]1(O)C(=O)NCCOCCOCCOc1ccc(N2CC[C@@]3(CCC(=O)NC3=O)C2=O)cc1.Cc1sc2c(c1C)C(c1ccc(Cl)cc1)=N[C@@H](CC(=O)NCCOCCOC[C@H]1CC[C@]3(CCC(=O)NC3=O)O1)c1nnc(C)n1-2. The first-order chi connectivity index (χ1) is 47.9. The van der Waals surface area contributed by atoms with Crippen molar-refractivity contribution < 1.29 is 81.4 Å². The molecule has 3 saturated carbocycles. The molecule has 13 rings (SSSR count). The maximum Gasteiger partial charge on any atom is 0.258 e. The van der Waals surface area contributed by atoms with Crippen LogP contribution in [0, 0.1) is 55.3 Å². The summed E-state index contributed by atoms with van der Waals surface area (Å²) in [6.45, 7) is 13.2. The number of nitrogens with zero attached hydrogens (tertiary/aromatic N) is 5. The number of aliphatic hydroxyl groups is 2. The number of carbonyl (C=O) groups is 8. The molecule has 4 aromatic rings. The van der Waals surface area contributed by atoms with E-state index >= 15 is 4.39 Å². The Kier molecular flexibility index (Phi) is 21.6. The van der Waals surface area contributed by atoms with E-state index in [2.05, 4.69) is 45.3 Å². The molecule has 4 saturated heterocycles. The number of alkyl halides is 1. The van der Waals surface area contributed by atoms with Crippen LogP contribution in [0.15, 0.2) is 77.3 Å². The molecule has 7 amide bonds. The van der Waals surface area contributed by atoms with E-state index < -0.39 is 69.4 Å². The summed E-state index contributed by atoms with van der Waals surface area (Å²) in [6, 6.07) is 14.0. The standard InChI is InChI=1S/C40H50FN3O10.C32H37ClN6O6S/c1-24-21-29-30-8-3-25-22-27(45)9-11-37(25,2)40(30,41)32(46)23-31(29)39(24,51)35(49)42-14-16-52-17-18-53-19-20-54-28-6-4-26(5-7-28)44-15-13-38(36(44)50)12-10-33(47)43-34(38)48;1-18-19(2)46-30-27(18)28(21-4-6-22(33)7-5-21)35-24(29-38-37-20(3)39(29)30)16-26(41)34-12-13-43-14-15-44-17-23-8-10-32(45-23)11-9-25(40)36-31(32)42/h4-7,9,11,22,24,29-32,46,51H,3,8,10,12-21,23H2,1-2H3,(H,42,49)(H,43,47,48);4-7,23-24H,8-17H2,1-3H3,(H,34,41)(H,36,40,42)/t24-,29-,30+,31+,32+,37+,38-,39-,40+;23-,24+,32-/m11/s1. The van der Waals surface area contributed by atoms with Gasteiger partial charge in [-0.25, -0.2) is 4.39 Å². The molecule has 536 valence electrons. The van der Waals surface area contributed by atoms with Gasteiger partial charge >= 0.3 is 0 Å². The van der Waals surface area contributed by atoms with Crippen molar-refractivity contribution in [2.24, 2.45) is 39.5 Å². The molecule has 2 aromatic carbocycles. The van der Waals surface area contributed by atoms with Crippen molar-refractivity contribution >= 4 is 81.5 Å². The molecule has 0 radical (unpaired) electrons. The first-order valence-corrected chi connectivity index (χ1v) is 35.8. The molecule has 28 heteroatoms. The smallest absolute Gasteiger partial charge is 0.258 e. The van der Waals surface area contributed by atoms with Gasteiger partial charge in [-0.2, -0.15) is 0 Å². The molecule has 7 heterocycles. The Morgan fingerprint density at radius 2 is 1.48 bits per heavy atom. The number of ketones is 1. The maximum atomic E-state index is 17.2. The summed E-state index contributed by atoms with van der Waals surface area (Å²) in [4.78, 5) is 107. The van der Waals surface area contributed by atoms with Crippen LogP contribution < -0.4 is 30.9 Å². The van der Waals surface area contributed by atoms with E-state index in [1.807, 2.05) is 42.7 Å². The zero-order valence-electron chi connectivity index (χ0n) is 56.9. The van der Waals surface area contributed by atoms with Crippen LogP contribution in [0.5, 0.6) is 5.75 Å². The predicted molar refractivity (Wildman–Crippen MR) is 363 cm³/mol. The molecule has 9 aliphatic rings. The summed E-state index contributed by atoms with van der Waals surface area (Å²) >= 11 is 7.86. The minimum absolute atomic E-state index is 0.0499. The lowest BCUT2D eigenvalue weighted by Crippen LogP contribution is -2.66. The Morgan fingerprint density at radius 3 is 2.20 bits per heavy atom. The van der Waals surface area contributed by atoms with Gasteiger partial charge in [0, 0.05) is 76.4 Å². The summed E-state index contributed by atoms with van der Waals surface area (Å²) < 4.78 is 53.5. The average Bonchev–Trinajstić information content (AvgIpc) is 1.22. The van der Waals surface area contributed by atoms with E-state index in [1.54, 1.807) is 53.5 Å². The fourth-order valence-electron chi connectivity index (χ4n) is 16.5. The first-order valence-electron chi connectivity index (χ1n) is 34.6. The quantitative estimate of drug-likeness (QED) is 0.0281. The normalized spacial score (nSPS) is 30.3. The largest absolute Gasteiger partial charge is 0.491 e. The van der Waals surface area contributed by atoms with Crippen molar-refractivity contribution in [2.45, 2.75) is 147 Å². The number of aromatic nitrogens is 3. The summed E-state index contributed by atoms with van der Waals surface area (Å²) in [5, 5.41) is 44.1. The third-order valence-corrected chi connectivity index (χ3v) is 23.5. The summed E-state index contributed by atoms with van der Waals surface area (Å²) in [7, 11) is 0. The number of ether oxygens (including phenoxy) is 6. The Labute approximate surface area is 587 Å². The lowest BCUT2D eigenvalue weighted by atomic mass is 9.48. The molecule has 6 N–H and O–H groups in total. The monoisotopic (exact) mass is 1420 g/mol. The van der Waals surface area contributed by atoms with Crippen LogP contribution >= 0.6 is 22.9 Å². The number of fused-ring (bicyclic) bond motifs is 8. The molecule has 7 fully saturated rings. The number of hydrogen-bond acceptors (Lipinski definition) is 20. The molecule has 2 aromatic heterocycles. The fraction of sp³-hybridized carbons (Fsp3) is 0.569. The van der Waals surface area contributed by atoms with Crippen LogP contribution in [0.25, 0.3) is 5.00 Å². The highest BCUT2D eigenvalue weighted by Gasteiger charge is 2.72. The first kappa shape index (κ1) is 72.3. The summed E-state index contributed by atoms with van der Waals surface area (Å²) in [6.07, 6.45) is 7.06. The highest BCUT2D eigenvalue weighted by atomic mass is 35.5. The molecule has 100 heavy (non-hydrogen) atoms. The Hall–Kier alpha value is -7.47. The van der Waals surface area contributed by atoms with Crippen LogP contribution in [0.2, 0.25) is 5.02 Å². The van der Waals surface area contributed by atoms with Crippen LogP contribution in [-0.4, -0.2) is 186 Å². The van der Waals surface area contributed by atoms with Crippen LogP contribution in [0.3, 0.4) is 0 Å². The number of piperidine rings is 2. The fourth-order valence-corrected chi connectivity index (χ4v) is 17.8. The number of carbonyl (C=O) groups excluding carboxylic acids is 8. The number of nitrogens with one attached hydrogen (secondary N) is 4. The summed E-state index contributed by atoms with van der Waals surface area (Å²) in [5.74, 6) is -2.59. The number of thiophene rings is 1. The number of aliphatic imine (C=N–C) groups is 1. The van der Waals surface area contributed by atoms with Gasteiger partial charge in [-0.15, -0.1) is 21.5 Å². The van der Waals surface area contributed by atoms with E-state index in [9.17, 15) is 48.6 Å². The van der Waals surface area contributed by atoms with Gasteiger partial charge in [-0.1, -0.05) is 42.3 Å². The van der Waals surface area contributed by atoms with E-state index in [0.717, 1.165) is 33.2 Å². The number of allylic oxidation sites excluding steroid dienone is 4. The van der Waals surface area contributed by atoms with Gasteiger partial charge in [0.05, 0.1) is 77.2 Å². The molecular formula is C72H87ClFN9O16S. The number of halogens is 2. The van der Waals surface area contributed by atoms with Gasteiger partial charge in [0.15, 0.2) is 17.3 Å². The number of amides is 7. The highest BCUT2D eigenvalue weighted by molar-refractivity contribution is 7.15. The number of hydrogen-bond donors (Lipinski definition) is 6. The van der Waals surface area contributed by atoms with Crippen molar-refractivity contribution in [1.82, 2.24) is 36.0 Å². The molecule has 5 aliphatic heterocycles. The lowest BCUT2D eigenvalue weighted by Gasteiger charge is -2.59. The highest BCUT2D eigenvalue weighted by Crippen LogP contribution is 2.66. The van der Waals surface area contributed by atoms with Crippen LogP contribution in [-0.2, 0) is 62.0 Å². The van der Waals surface area contributed by atoms with Crippen molar-refractivity contribution in [2.75, 3.05) is 84.0 Å². The second-order valence-electron chi connectivity index (χ2n) is 27.8. The number of anilines is 1. The number of aliphatic hydroxyl groups excluding tert-OH is 1. The van der Waals surface area contributed by atoms with Crippen molar-refractivity contribution in [1.29, 1.82) is 0 Å². The molecular weight excluding hydrogens is 1330 g/mol. The van der Waals surface area contributed by atoms with Crippen LogP contribution in [0.1, 0.15) is 130 Å². The average molecular weight is 1420 g/mol. The Bertz CT molecular complexity index is 3920. The second-order valence-corrected chi connectivity index (χ2v) is 29.4. The minimum Gasteiger partial charge on any atom is -0.491 e. The van der Waals surface area contributed by atoms with Crippen molar-refractivity contribution in [3.05, 3.63) is 111 Å². The predicted octanol–water partition coefficient (Wildman–Crippen LogP) is 6.03. The number of benzene rings is 2. The Morgan fingerprint density at radius 1 is 0.800 bits per heavy atom. The molecule has 12 atom stereocenters. The van der Waals surface area contributed by atoms with Crippen LogP contribution in [0.4, 0.5) is 10.1 Å². The zero-order chi connectivity index (χ0) is 70.9. The van der Waals surface area contributed by atoms with Gasteiger partial charge in [0.25, 0.3) is 11.8 Å². The molecule has 0 unspecified atom stereocenters. The third kappa shape index (κ3) is 13.9. The van der Waals surface area contributed by atoms with E-state index in [1.165, 1.54) is 17.0 Å². The van der Waals surface area contributed by atoms with Gasteiger partial charge in [-0.05, 0) is 151 Å². The van der Waals surface area contributed by atoms with Gasteiger partial charge < -0.3 is 54.2 Å². The lowest BCUT2D eigenvalue weighted by molar-refractivity contribution is -0.191.